The summed E-state index contributed by atoms with van der Waals surface area (Å²) in [5.74, 6) is -0.936. The van der Waals surface area contributed by atoms with Crippen LogP contribution in [0, 0.1) is 12.8 Å². The lowest BCUT2D eigenvalue weighted by atomic mass is 9.90. The molecule has 0 aliphatic carbocycles. The highest BCUT2D eigenvalue weighted by atomic mass is 16.5. The molecular formula is C26H25N3O4. The summed E-state index contributed by atoms with van der Waals surface area (Å²) in [4.78, 5) is 21.0. The molecule has 1 amide bonds. The minimum absolute atomic E-state index is 0.182. The normalized spacial score (nSPS) is 12.8. The van der Waals surface area contributed by atoms with E-state index >= 15 is 0 Å². The number of aryl methyl sites for hydroxylation is 1. The lowest BCUT2D eigenvalue weighted by Crippen LogP contribution is -2.33. The van der Waals surface area contributed by atoms with Gasteiger partial charge in [-0.3, -0.25) is 20.0 Å². The number of ether oxygens (including phenoxy) is 1. The molecule has 0 fully saturated rings. The van der Waals surface area contributed by atoms with E-state index in [-0.39, 0.29) is 6.42 Å². The Morgan fingerprint density at radius 3 is 2.55 bits per heavy atom. The van der Waals surface area contributed by atoms with E-state index in [1.807, 2.05) is 43.3 Å². The van der Waals surface area contributed by atoms with Crippen LogP contribution >= 0.6 is 0 Å². The predicted octanol–water partition coefficient (Wildman–Crippen LogP) is 3.91. The molecule has 0 radical (unpaired) electrons. The standard InChI is InChI=1S/C26H25N3O4/c1-17-14-19(22-7-2-3-8-24(22)28-17)16-33-21-11-9-18(10-12-21)25(30)23(26(31)29-32)15-20-6-4-5-13-27-20/h2-14,23,25,30,32H,15-16H2,1H3,(H,29,31). The van der Waals surface area contributed by atoms with Gasteiger partial charge in [0, 0.05) is 35.0 Å². The van der Waals surface area contributed by atoms with E-state index in [2.05, 4.69) is 9.97 Å². The van der Waals surface area contributed by atoms with Crippen molar-refractivity contribution in [1.29, 1.82) is 0 Å². The highest BCUT2D eigenvalue weighted by molar-refractivity contribution is 5.82. The van der Waals surface area contributed by atoms with Crippen molar-refractivity contribution >= 4 is 16.8 Å². The van der Waals surface area contributed by atoms with Crippen LogP contribution in [-0.2, 0) is 17.8 Å². The molecular weight excluding hydrogens is 418 g/mol. The Balaban J connectivity index is 1.47. The molecule has 2 heterocycles. The number of benzene rings is 2. The van der Waals surface area contributed by atoms with Crippen molar-refractivity contribution in [2.45, 2.75) is 26.1 Å². The van der Waals surface area contributed by atoms with Gasteiger partial charge in [-0.15, -0.1) is 0 Å². The molecule has 7 heteroatoms. The van der Waals surface area contributed by atoms with Gasteiger partial charge in [0.2, 0.25) is 5.91 Å². The van der Waals surface area contributed by atoms with E-state index < -0.39 is 17.9 Å². The number of fused-ring (bicyclic) bond motifs is 1. The Morgan fingerprint density at radius 1 is 1.06 bits per heavy atom. The number of aliphatic hydroxyl groups excluding tert-OH is 1. The summed E-state index contributed by atoms with van der Waals surface area (Å²) in [5, 5.41) is 21.0. The van der Waals surface area contributed by atoms with Gasteiger partial charge in [0.25, 0.3) is 0 Å². The maximum atomic E-state index is 12.2. The number of carbonyl (C=O) groups is 1. The van der Waals surface area contributed by atoms with Crippen LogP contribution < -0.4 is 10.2 Å². The molecule has 33 heavy (non-hydrogen) atoms. The molecule has 4 aromatic rings. The first-order valence-corrected chi connectivity index (χ1v) is 10.6. The maximum Gasteiger partial charge on any atom is 0.249 e. The van der Waals surface area contributed by atoms with Gasteiger partial charge in [-0.05, 0) is 48.9 Å². The van der Waals surface area contributed by atoms with Crippen LogP contribution in [0.2, 0.25) is 0 Å². The number of amides is 1. The molecule has 0 spiro atoms. The van der Waals surface area contributed by atoms with Gasteiger partial charge in [-0.1, -0.05) is 36.4 Å². The molecule has 168 valence electrons. The molecule has 2 aromatic heterocycles. The average Bonchev–Trinajstić information content (AvgIpc) is 2.86. The van der Waals surface area contributed by atoms with Gasteiger partial charge in [-0.2, -0.15) is 0 Å². The van der Waals surface area contributed by atoms with Crippen molar-refractivity contribution in [3.05, 3.63) is 102 Å². The van der Waals surface area contributed by atoms with Crippen LogP contribution in [0.5, 0.6) is 5.75 Å². The predicted molar refractivity (Wildman–Crippen MR) is 124 cm³/mol. The molecule has 0 saturated carbocycles. The van der Waals surface area contributed by atoms with Gasteiger partial charge in [0.1, 0.15) is 12.4 Å². The second kappa shape index (κ2) is 10.2. The molecule has 2 aromatic carbocycles. The molecule has 0 aliphatic heterocycles. The minimum Gasteiger partial charge on any atom is -0.489 e. The number of hydrogen-bond acceptors (Lipinski definition) is 6. The molecule has 0 aliphatic rings. The zero-order chi connectivity index (χ0) is 23.2. The Hall–Kier alpha value is -3.81. The van der Waals surface area contributed by atoms with Crippen LogP contribution in [0.4, 0.5) is 0 Å². The Bertz CT molecular complexity index is 1230. The number of pyridine rings is 2. The zero-order valence-corrected chi connectivity index (χ0v) is 18.2. The number of nitrogens with zero attached hydrogens (tertiary/aromatic N) is 2. The fraction of sp³-hybridized carbons (Fsp3) is 0.192. The van der Waals surface area contributed by atoms with Crippen LogP contribution in [0.15, 0.2) is 79.0 Å². The molecule has 4 rings (SSSR count). The summed E-state index contributed by atoms with van der Waals surface area (Å²) in [5.41, 5.74) is 5.72. The maximum absolute atomic E-state index is 12.2. The largest absolute Gasteiger partial charge is 0.489 e. The number of rotatable bonds is 8. The summed E-state index contributed by atoms with van der Waals surface area (Å²) in [6.45, 7) is 2.33. The Labute approximate surface area is 191 Å². The van der Waals surface area contributed by atoms with Crippen molar-refractivity contribution < 1.29 is 19.8 Å². The lowest BCUT2D eigenvalue weighted by Gasteiger charge is -2.21. The average molecular weight is 444 g/mol. The van der Waals surface area contributed by atoms with Gasteiger partial charge < -0.3 is 9.84 Å². The summed E-state index contributed by atoms with van der Waals surface area (Å²) >= 11 is 0. The van der Waals surface area contributed by atoms with Gasteiger partial charge in [-0.25, -0.2) is 5.48 Å². The summed E-state index contributed by atoms with van der Waals surface area (Å²) in [7, 11) is 0. The molecule has 3 N–H and O–H groups in total. The number of nitrogens with one attached hydrogen (secondary N) is 1. The summed E-state index contributed by atoms with van der Waals surface area (Å²) < 4.78 is 5.98. The Morgan fingerprint density at radius 2 is 1.82 bits per heavy atom. The minimum atomic E-state index is -1.13. The van der Waals surface area contributed by atoms with Crippen LogP contribution in [0.1, 0.15) is 28.6 Å². The smallest absolute Gasteiger partial charge is 0.249 e. The fourth-order valence-corrected chi connectivity index (χ4v) is 3.84. The van der Waals surface area contributed by atoms with Crippen molar-refractivity contribution in [2.24, 2.45) is 5.92 Å². The van der Waals surface area contributed by atoms with Gasteiger partial charge in [0.05, 0.1) is 17.5 Å². The zero-order valence-electron chi connectivity index (χ0n) is 18.2. The molecule has 7 nitrogen and oxygen atoms in total. The second-order valence-corrected chi connectivity index (χ2v) is 7.85. The quantitative estimate of drug-likeness (QED) is 0.282. The van der Waals surface area contributed by atoms with Crippen molar-refractivity contribution in [3.63, 3.8) is 0 Å². The molecule has 0 saturated heterocycles. The first-order valence-electron chi connectivity index (χ1n) is 10.6. The van der Waals surface area contributed by atoms with Crippen LogP contribution in [-0.4, -0.2) is 26.2 Å². The molecule has 2 atom stereocenters. The lowest BCUT2D eigenvalue weighted by molar-refractivity contribution is -0.137. The van der Waals surface area contributed by atoms with E-state index in [1.165, 1.54) is 0 Å². The number of hydrogen-bond donors (Lipinski definition) is 3. The molecule has 0 bridgehead atoms. The van der Waals surface area contributed by atoms with E-state index in [0.29, 0.717) is 23.6 Å². The molecule has 2 unspecified atom stereocenters. The van der Waals surface area contributed by atoms with Crippen LogP contribution in [0.25, 0.3) is 10.9 Å². The monoisotopic (exact) mass is 443 g/mol. The summed E-state index contributed by atoms with van der Waals surface area (Å²) in [6.07, 6.45) is 0.677. The number of carbonyl (C=O) groups excluding carboxylic acids is 1. The van der Waals surface area contributed by atoms with Crippen molar-refractivity contribution in [1.82, 2.24) is 15.4 Å². The number of hydroxylamine groups is 1. The van der Waals surface area contributed by atoms with Crippen molar-refractivity contribution in [2.75, 3.05) is 0 Å². The van der Waals surface area contributed by atoms with E-state index in [1.54, 1.807) is 48.1 Å². The Kier molecular flexibility index (Phi) is 6.92. The topological polar surface area (TPSA) is 105 Å². The SMILES string of the molecule is Cc1cc(COc2ccc(C(O)C(Cc3ccccn3)C(=O)NO)cc2)c2ccccc2n1. The summed E-state index contributed by atoms with van der Waals surface area (Å²) in [6, 6.07) is 22.2. The fourth-order valence-electron chi connectivity index (χ4n) is 3.84. The van der Waals surface area contributed by atoms with E-state index in [9.17, 15) is 9.90 Å². The first kappa shape index (κ1) is 22.4. The highest BCUT2D eigenvalue weighted by Crippen LogP contribution is 2.27. The van der Waals surface area contributed by atoms with Gasteiger partial charge in [0.15, 0.2) is 0 Å². The number of aromatic nitrogens is 2. The third kappa shape index (κ3) is 5.34. The number of para-hydroxylation sites is 1. The third-order valence-corrected chi connectivity index (χ3v) is 5.53. The number of aliphatic hydroxyl groups is 1. The van der Waals surface area contributed by atoms with E-state index in [0.717, 1.165) is 22.2 Å². The van der Waals surface area contributed by atoms with Crippen LogP contribution in [0.3, 0.4) is 0 Å². The van der Waals surface area contributed by atoms with Crippen molar-refractivity contribution in [3.8, 4) is 5.75 Å². The third-order valence-electron chi connectivity index (χ3n) is 5.53. The van der Waals surface area contributed by atoms with E-state index in [4.69, 9.17) is 9.94 Å². The highest BCUT2D eigenvalue weighted by Gasteiger charge is 2.28. The first-order chi connectivity index (χ1) is 16.0. The van der Waals surface area contributed by atoms with Gasteiger partial charge >= 0.3 is 0 Å². The second-order valence-electron chi connectivity index (χ2n) is 7.85.